The summed E-state index contributed by atoms with van der Waals surface area (Å²) in [4.78, 5) is 2.34. The summed E-state index contributed by atoms with van der Waals surface area (Å²) < 4.78 is 12.0. The molecule has 2 heterocycles. The molecule has 2 saturated heterocycles. The van der Waals surface area contributed by atoms with E-state index in [9.17, 15) is 5.11 Å². The van der Waals surface area contributed by atoms with Gasteiger partial charge in [0, 0.05) is 19.1 Å². The summed E-state index contributed by atoms with van der Waals surface area (Å²) in [5.41, 5.74) is 2.40. The van der Waals surface area contributed by atoms with Gasteiger partial charge in [-0.05, 0) is 28.8 Å². The zero-order chi connectivity index (χ0) is 19.8. The Morgan fingerprint density at radius 2 is 1.76 bits per heavy atom. The molecule has 4 nitrogen and oxygen atoms in total. The van der Waals surface area contributed by atoms with Gasteiger partial charge in [0.15, 0.2) is 0 Å². The molecule has 3 aromatic rings. The molecule has 1 N–H and O–H groups in total. The van der Waals surface area contributed by atoms with E-state index in [4.69, 9.17) is 9.47 Å². The first-order valence-corrected chi connectivity index (χ1v) is 10.4. The highest BCUT2D eigenvalue weighted by Gasteiger charge is 2.52. The molecule has 2 fully saturated rings. The van der Waals surface area contributed by atoms with E-state index < -0.39 is 6.10 Å². The van der Waals surface area contributed by atoms with Crippen molar-refractivity contribution in [2.45, 2.75) is 44.0 Å². The molecule has 29 heavy (non-hydrogen) atoms. The van der Waals surface area contributed by atoms with Crippen LogP contribution in [-0.2, 0) is 16.1 Å². The molecule has 0 radical (unpaired) electrons. The molecule has 0 aromatic heterocycles. The van der Waals surface area contributed by atoms with Crippen LogP contribution in [0.1, 0.15) is 24.1 Å². The Hall–Kier alpha value is -2.24. The molecule has 2 aliphatic rings. The summed E-state index contributed by atoms with van der Waals surface area (Å²) in [6, 6.07) is 25.2. The number of nitrogens with zero attached hydrogens (tertiary/aromatic N) is 1. The molecule has 0 amide bonds. The van der Waals surface area contributed by atoms with Crippen molar-refractivity contribution in [2.75, 3.05) is 13.1 Å². The smallest absolute Gasteiger partial charge is 0.114 e. The molecule has 5 rings (SSSR count). The first-order chi connectivity index (χ1) is 14.2. The van der Waals surface area contributed by atoms with E-state index in [1.54, 1.807) is 0 Å². The Balaban J connectivity index is 1.33. The van der Waals surface area contributed by atoms with E-state index in [0.717, 1.165) is 12.1 Å². The van der Waals surface area contributed by atoms with Crippen LogP contribution in [0.15, 0.2) is 72.8 Å². The van der Waals surface area contributed by atoms with E-state index >= 15 is 0 Å². The summed E-state index contributed by atoms with van der Waals surface area (Å²) in [5.74, 6) is 0. The lowest BCUT2D eigenvalue weighted by Gasteiger charge is -2.31. The SMILES string of the molecule is C[C@H](c1cccc2ccccc12)N1C[C@@H](O)[C@H](OCc2ccccc2)[C@@H]2O[C@@H]2C1. The Labute approximate surface area is 171 Å². The monoisotopic (exact) mass is 389 g/mol. The first kappa shape index (κ1) is 18.8. The molecule has 0 bridgehead atoms. The average Bonchev–Trinajstić information content (AvgIpc) is 3.52. The van der Waals surface area contributed by atoms with Gasteiger partial charge in [0.25, 0.3) is 0 Å². The van der Waals surface area contributed by atoms with Gasteiger partial charge in [-0.2, -0.15) is 0 Å². The van der Waals surface area contributed by atoms with Gasteiger partial charge in [0.1, 0.15) is 12.2 Å². The van der Waals surface area contributed by atoms with Gasteiger partial charge in [-0.1, -0.05) is 72.8 Å². The van der Waals surface area contributed by atoms with E-state index in [1.807, 2.05) is 30.3 Å². The first-order valence-electron chi connectivity index (χ1n) is 10.4. The van der Waals surface area contributed by atoms with E-state index in [1.165, 1.54) is 16.3 Å². The number of epoxide rings is 1. The number of hydrogen-bond acceptors (Lipinski definition) is 4. The van der Waals surface area contributed by atoms with Crippen molar-refractivity contribution >= 4 is 10.8 Å². The second kappa shape index (κ2) is 7.88. The average molecular weight is 389 g/mol. The third-order valence-corrected chi connectivity index (χ3v) is 6.27. The van der Waals surface area contributed by atoms with Crippen LogP contribution in [0.4, 0.5) is 0 Å². The molecule has 5 atom stereocenters. The Kier molecular flexibility index (Phi) is 5.10. The third kappa shape index (κ3) is 3.81. The minimum Gasteiger partial charge on any atom is -0.389 e. The van der Waals surface area contributed by atoms with E-state index in [0.29, 0.717) is 13.2 Å². The largest absolute Gasteiger partial charge is 0.389 e. The zero-order valence-electron chi connectivity index (χ0n) is 16.6. The lowest BCUT2D eigenvalue weighted by Crippen LogP contribution is -2.41. The maximum atomic E-state index is 11.0. The number of benzene rings is 3. The van der Waals surface area contributed by atoms with Gasteiger partial charge in [-0.25, -0.2) is 0 Å². The standard InChI is InChI=1S/C25H27NO3/c1-17(20-13-7-11-19-10-5-6-12-21(19)20)26-14-22(27)24(25-23(15-26)29-25)28-16-18-8-3-2-4-9-18/h2-13,17,22-25,27H,14-16H2,1H3/t17-,22-,23-,24+,25-/m1/s1. The number of fused-ring (bicyclic) bond motifs is 2. The van der Waals surface area contributed by atoms with Gasteiger partial charge in [-0.3, -0.25) is 4.90 Å². The zero-order valence-corrected chi connectivity index (χ0v) is 16.6. The van der Waals surface area contributed by atoms with Crippen LogP contribution in [0.5, 0.6) is 0 Å². The number of likely N-dealkylation sites (tertiary alicyclic amines) is 1. The van der Waals surface area contributed by atoms with Gasteiger partial charge < -0.3 is 14.6 Å². The van der Waals surface area contributed by atoms with E-state index in [-0.39, 0.29) is 24.4 Å². The Morgan fingerprint density at radius 1 is 1.00 bits per heavy atom. The maximum Gasteiger partial charge on any atom is 0.114 e. The molecule has 0 unspecified atom stereocenters. The number of aliphatic hydroxyl groups excluding tert-OH is 1. The summed E-state index contributed by atoms with van der Waals surface area (Å²) >= 11 is 0. The van der Waals surface area contributed by atoms with Crippen molar-refractivity contribution < 1.29 is 14.6 Å². The molecule has 2 aliphatic heterocycles. The summed E-state index contributed by atoms with van der Waals surface area (Å²) in [6.45, 7) is 4.11. The van der Waals surface area contributed by atoms with Crippen LogP contribution in [0.3, 0.4) is 0 Å². The van der Waals surface area contributed by atoms with Crippen molar-refractivity contribution in [3.8, 4) is 0 Å². The highest BCUT2D eigenvalue weighted by molar-refractivity contribution is 5.86. The second-order valence-electron chi connectivity index (χ2n) is 8.17. The molecule has 150 valence electrons. The topological polar surface area (TPSA) is 45.2 Å². The Morgan fingerprint density at radius 3 is 2.62 bits per heavy atom. The normalized spacial score (nSPS) is 27.9. The lowest BCUT2D eigenvalue weighted by molar-refractivity contribution is -0.0699. The van der Waals surface area contributed by atoms with Crippen molar-refractivity contribution in [1.29, 1.82) is 0 Å². The molecule has 3 aromatic carbocycles. The minimum absolute atomic E-state index is 0.0153. The molecular weight excluding hydrogens is 362 g/mol. The number of rotatable bonds is 5. The van der Waals surface area contributed by atoms with Crippen molar-refractivity contribution in [1.82, 2.24) is 4.90 Å². The summed E-state index contributed by atoms with van der Waals surface area (Å²) in [6.07, 6.45) is -0.748. The summed E-state index contributed by atoms with van der Waals surface area (Å²) in [7, 11) is 0. The molecular formula is C25H27NO3. The van der Waals surface area contributed by atoms with E-state index in [2.05, 4.69) is 54.3 Å². The molecule has 0 aliphatic carbocycles. The molecule has 0 saturated carbocycles. The second-order valence-corrected chi connectivity index (χ2v) is 8.17. The van der Waals surface area contributed by atoms with Crippen LogP contribution in [0.25, 0.3) is 10.8 Å². The Bertz CT molecular complexity index is 971. The van der Waals surface area contributed by atoms with Gasteiger partial charge in [-0.15, -0.1) is 0 Å². The predicted molar refractivity (Wildman–Crippen MR) is 114 cm³/mol. The predicted octanol–water partition coefficient (Wildman–Crippen LogP) is 3.93. The van der Waals surface area contributed by atoms with Crippen LogP contribution in [-0.4, -0.2) is 47.5 Å². The fourth-order valence-corrected chi connectivity index (χ4v) is 4.56. The number of hydrogen-bond donors (Lipinski definition) is 1. The van der Waals surface area contributed by atoms with Crippen LogP contribution < -0.4 is 0 Å². The quantitative estimate of drug-likeness (QED) is 0.672. The number of aliphatic hydroxyl groups is 1. The maximum absolute atomic E-state index is 11.0. The van der Waals surface area contributed by atoms with Crippen LogP contribution >= 0.6 is 0 Å². The highest BCUT2D eigenvalue weighted by atomic mass is 16.6. The third-order valence-electron chi connectivity index (χ3n) is 6.27. The van der Waals surface area contributed by atoms with Crippen molar-refractivity contribution in [2.24, 2.45) is 0 Å². The fraction of sp³-hybridized carbons (Fsp3) is 0.360. The van der Waals surface area contributed by atoms with Crippen molar-refractivity contribution in [3.63, 3.8) is 0 Å². The van der Waals surface area contributed by atoms with Gasteiger partial charge in [0.2, 0.25) is 0 Å². The van der Waals surface area contributed by atoms with Gasteiger partial charge >= 0.3 is 0 Å². The highest BCUT2D eigenvalue weighted by Crippen LogP contribution is 2.37. The van der Waals surface area contributed by atoms with Gasteiger partial charge in [0.05, 0.1) is 18.8 Å². The lowest BCUT2D eigenvalue weighted by atomic mass is 9.98. The van der Waals surface area contributed by atoms with Crippen molar-refractivity contribution in [3.05, 3.63) is 83.9 Å². The van der Waals surface area contributed by atoms with Crippen LogP contribution in [0.2, 0.25) is 0 Å². The minimum atomic E-state index is -0.575. The van der Waals surface area contributed by atoms with Crippen LogP contribution in [0, 0.1) is 0 Å². The summed E-state index contributed by atoms with van der Waals surface area (Å²) in [5, 5.41) is 13.5. The number of ether oxygens (including phenoxy) is 2. The molecule has 4 heteroatoms. The molecule has 0 spiro atoms. The fourth-order valence-electron chi connectivity index (χ4n) is 4.56. The number of β-amino-alcohol motifs (C(OH)–C–C–N with tert-alkyl or cyclic N) is 1.